The molecule has 4 N–H and O–H groups in total. The van der Waals surface area contributed by atoms with Gasteiger partial charge in [-0.15, -0.1) is 0 Å². The second-order valence-corrected chi connectivity index (χ2v) is 22.7. The minimum atomic E-state index is -0.701. The Kier molecular flexibility index (Phi) is 14.7. The third-order valence-electron chi connectivity index (χ3n) is 19.6. The maximum atomic E-state index is 14.2. The first-order valence-electron chi connectivity index (χ1n) is 25.6. The zero-order chi connectivity index (χ0) is 48.8. The van der Waals surface area contributed by atoms with Crippen LogP contribution in [0.2, 0.25) is 0 Å². The van der Waals surface area contributed by atoms with Crippen LogP contribution in [0.3, 0.4) is 0 Å². The van der Waals surface area contributed by atoms with Gasteiger partial charge in [0.25, 0.3) is 0 Å². The molecule has 0 aromatic heterocycles. The molecule has 0 radical (unpaired) electrons. The number of fused-ring (bicyclic) bond motifs is 10. The van der Waals surface area contributed by atoms with Crippen LogP contribution in [0.1, 0.15) is 131 Å². The van der Waals surface area contributed by atoms with Crippen molar-refractivity contribution in [2.24, 2.45) is 103 Å². The minimum Gasteiger partial charge on any atom is -0.466 e. The first-order valence-corrected chi connectivity index (χ1v) is 25.6. The molecule has 376 valence electrons. The SMILES string of the molecule is CC(=O)OCC1C[C@@H]2[C@@H](CC[C@]3(C)C(=O)CC[C@@H]23)[C@@]2(C)C(OC(=O)/C=C/C(=O)OC3CC(=NOCCN)CC4C(COC(C)=O)C[C@@H]5[C@@H](CC[C@]6(C)C(=O)CC[C@@H]56)[C@@]34C)CC(=NOCCN)CC12. The van der Waals surface area contributed by atoms with Gasteiger partial charge in [0, 0.05) is 86.4 Å². The van der Waals surface area contributed by atoms with E-state index < -0.39 is 45.8 Å². The zero-order valence-electron chi connectivity index (χ0n) is 41.2. The summed E-state index contributed by atoms with van der Waals surface area (Å²) in [5.74, 6) is -0.907. The van der Waals surface area contributed by atoms with Gasteiger partial charge in [-0.05, 0) is 123 Å². The van der Waals surface area contributed by atoms with Gasteiger partial charge in [0.05, 0.1) is 24.6 Å². The Bertz CT molecular complexity index is 1930. The average molecular weight is 949 g/mol. The summed E-state index contributed by atoms with van der Waals surface area (Å²) in [6.45, 7) is 12.9. The van der Waals surface area contributed by atoms with Gasteiger partial charge in [0.15, 0.2) is 0 Å². The summed E-state index contributed by atoms with van der Waals surface area (Å²) in [5, 5.41) is 8.97. The number of hydrogen-bond acceptors (Lipinski definition) is 16. The number of oxime groups is 2. The molecule has 0 spiro atoms. The number of esters is 4. The fourth-order valence-corrected chi connectivity index (χ4v) is 16.4. The molecule has 0 bridgehead atoms. The Hall–Kier alpha value is -4.18. The molecule has 8 saturated carbocycles. The molecule has 0 amide bonds. The Morgan fingerprint density at radius 3 is 1.35 bits per heavy atom. The van der Waals surface area contributed by atoms with Crippen LogP contribution in [0.25, 0.3) is 0 Å². The van der Waals surface area contributed by atoms with Crippen molar-refractivity contribution in [1.29, 1.82) is 0 Å². The number of hydrogen-bond donors (Lipinski definition) is 2. The molecule has 8 aliphatic carbocycles. The summed E-state index contributed by atoms with van der Waals surface area (Å²) >= 11 is 0. The molecule has 6 unspecified atom stereocenters. The lowest BCUT2D eigenvalue weighted by Gasteiger charge is -2.63. The number of ether oxygens (including phenoxy) is 4. The van der Waals surface area contributed by atoms with Crippen LogP contribution in [0.4, 0.5) is 0 Å². The van der Waals surface area contributed by atoms with E-state index >= 15 is 0 Å². The zero-order valence-corrected chi connectivity index (χ0v) is 41.2. The fraction of sp³-hybridized carbons (Fsp3) is 0.808. The van der Waals surface area contributed by atoms with Crippen LogP contribution in [0.5, 0.6) is 0 Å². The molecule has 0 saturated heterocycles. The van der Waals surface area contributed by atoms with Gasteiger partial charge >= 0.3 is 23.9 Å². The quantitative estimate of drug-likeness (QED) is 0.0664. The van der Waals surface area contributed by atoms with Crippen molar-refractivity contribution in [3.63, 3.8) is 0 Å². The highest BCUT2D eigenvalue weighted by atomic mass is 16.6. The van der Waals surface area contributed by atoms with Gasteiger partial charge in [-0.3, -0.25) is 19.2 Å². The molecule has 16 nitrogen and oxygen atoms in total. The maximum absolute atomic E-state index is 14.2. The van der Waals surface area contributed by atoms with E-state index in [1.807, 2.05) is 0 Å². The summed E-state index contributed by atoms with van der Waals surface area (Å²) in [4.78, 5) is 90.9. The predicted molar refractivity (Wildman–Crippen MR) is 249 cm³/mol. The fourth-order valence-electron chi connectivity index (χ4n) is 16.4. The number of rotatable bonds is 14. The first-order chi connectivity index (χ1) is 32.4. The van der Waals surface area contributed by atoms with Crippen LogP contribution >= 0.6 is 0 Å². The summed E-state index contributed by atoms with van der Waals surface area (Å²) in [6, 6.07) is 0. The second-order valence-electron chi connectivity index (χ2n) is 22.7. The van der Waals surface area contributed by atoms with Crippen LogP contribution in [0, 0.1) is 80.8 Å². The molecule has 16 atom stereocenters. The number of Topliss-reactive ketones (excluding diaryl/α,β-unsaturated/α-hetero) is 2. The molecule has 0 aromatic carbocycles. The number of carbonyl (C=O) groups is 6. The Morgan fingerprint density at radius 2 is 0.985 bits per heavy atom. The monoisotopic (exact) mass is 949 g/mol. The Morgan fingerprint density at radius 1 is 0.588 bits per heavy atom. The van der Waals surface area contributed by atoms with Gasteiger partial charge in [0.2, 0.25) is 0 Å². The summed E-state index contributed by atoms with van der Waals surface area (Å²) in [5.41, 5.74) is 11.0. The predicted octanol–water partition coefficient (Wildman–Crippen LogP) is 6.05. The Labute approximate surface area is 401 Å². The van der Waals surface area contributed by atoms with Gasteiger partial charge < -0.3 is 40.1 Å². The van der Waals surface area contributed by atoms with Gasteiger partial charge in [0.1, 0.15) is 37.0 Å². The molecule has 8 rings (SSSR count). The van der Waals surface area contributed by atoms with E-state index in [-0.39, 0.29) is 111 Å². The van der Waals surface area contributed by atoms with Gasteiger partial charge in [-0.25, -0.2) is 9.59 Å². The van der Waals surface area contributed by atoms with E-state index in [0.29, 0.717) is 50.1 Å². The van der Waals surface area contributed by atoms with E-state index in [1.54, 1.807) is 0 Å². The van der Waals surface area contributed by atoms with Gasteiger partial charge in [-0.1, -0.05) is 38.0 Å². The molecular formula is C52H76N4O12. The molecular weight excluding hydrogens is 873 g/mol. The summed E-state index contributed by atoms with van der Waals surface area (Å²) in [7, 11) is 0. The van der Waals surface area contributed by atoms with E-state index in [2.05, 4.69) is 38.0 Å². The average Bonchev–Trinajstić information content (AvgIpc) is 3.78. The molecule has 8 aliphatic rings. The molecule has 0 aliphatic heterocycles. The van der Waals surface area contributed by atoms with E-state index in [4.69, 9.17) is 40.1 Å². The highest BCUT2D eigenvalue weighted by Gasteiger charge is 2.67. The van der Waals surface area contributed by atoms with Crippen molar-refractivity contribution < 1.29 is 57.4 Å². The lowest BCUT2D eigenvalue weighted by molar-refractivity contribution is -0.194. The highest BCUT2D eigenvalue weighted by molar-refractivity contribution is 5.93. The lowest BCUT2D eigenvalue weighted by atomic mass is 9.42. The van der Waals surface area contributed by atoms with E-state index in [1.165, 1.54) is 13.8 Å². The molecule has 16 heteroatoms. The number of nitrogens with two attached hydrogens (primary N) is 2. The second kappa shape index (κ2) is 19.9. The largest absolute Gasteiger partial charge is 0.466 e. The van der Waals surface area contributed by atoms with Crippen molar-refractivity contribution in [2.75, 3.05) is 39.5 Å². The molecule has 8 fully saturated rings. The molecule has 0 heterocycles. The molecule has 68 heavy (non-hydrogen) atoms. The number of ketones is 2. The van der Waals surface area contributed by atoms with Crippen LogP contribution in [-0.4, -0.2) is 98.6 Å². The standard InChI is InChI=1S/C52H76N4O12/c1-29(57)63-27-31-21-35-37-7-9-43(59)49(37,3)15-13-39(35)51(5)41(31)23-33(55-65-19-17-53)25-45(51)67-47(61)11-12-48(62)68-46-26-34(56-66-20-18-54)24-42-32(28-64-30(2)58)22-36-38-8-10-44(60)50(38,4)16-14-40(36)52(42,46)6/h11-12,31-32,35-42,45-46H,7-10,13-28,53-54H2,1-6H3/b12-11+,55-33?,56-34?/t31?,32?,35-,36-,37-,38-,39+,40+,41?,42?,45?,46?,49-,50-,51+,52+/m0/s1. The van der Waals surface area contributed by atoms with Crippen LogP contribution in [0.15, 0.2) is 22.5 Å². The van der Waals surface area contributed by atoms with Crippen molar-refractivity contribution in [3.8, 4) is 0 Å². The Balaban J connectivity index is 1.07. The minimum absolute atomic E-state index is 0.0789. The summed E-state index contributed by atoms with van der Waals surface area (Å²) in [6.07, 6.45) is 10.1. The normalized spacial score (nSPS) is 42.8. The smallest absolute Gasteiger partial charge is 0.331 e. The van der Waals surface area contributed by atoms with Crippen molar-refractivity contribution >= 4 is 46.9 Å². The van der Waals surface area contributed by atoms with E-state index in [9.17, 15) is 28.8 Å². The number of nitrogens with zero attached hydrogens (tertiary/aromatic N) is 2. The van der Waals surface area contributed by atoms with Gasteiger partial charge in [-0.2, -0.15) is 0 Å². The summed E-state index contributed by atoms with van der Waals surface area (Å²) < 4.78 is 24.5. The van der Waals surface area contributed by atoms with Crippen LogP contribution < -0.4 is 11.5 Å². The van der Waals surface area contributed by atoms with Crippen molar-refractivity contribution in [1.82, 2.24) is 0 Å². The third-order valence-corrected chi connectivity index (χ3v) is 19.6. The lowest BCUT2D eigenvalue weighted by Crippen LogP contribution is -2.62. The van der Waals surface area contributed by atoms with E-state index in [0.717, 1.165) is 74.9 Å². The highest BCUT2D eigenvalue weighted by Crippen LogP contribution is 2.69. The first kappa shape index (κ1) is 50.2. The van der Waals surface area contributed by atoms with Crippen molar-refractivity contribution in [3.05, 3.63) is 12.2 Å². The number of carbonyl (C=O) groups excluding carboxylic acids is 6. The molecule has 0 aromatic rings. The van der Waals surface area contributed by atoms with Crippen LogP contribution in [-0.2, 0) is 57.4 Å². The third kappa shape index (κ3) is 9.07. The topological polar surface area (TPSA) is 235 Å². The maximum Gasteiger partial charge on any atom is 0.331 e. The van der Waals surface area contributed by atoms with Crippen molar-refractivity contribution in [2.45, 2.75) is 144 Å².